The van der Waals surface area contributed by atoms with Gasteiger partial charge in [0.1, 0.15) is 16.2 Å². The molecule has 2 aromatic carbocycles. The summed E-state index contributed by atoms with van der Waals surface area (Å²) < 4.78 is 0.954. The summed E-state index contributed by atoms with van der Waals surface area (Å²) in [6.07, 6.45) is 1.55. The maximum Gasteiger partial charge on any atom is 0.173 e. The number of thioether (sulfide) groups is 1. The highest BCUT2D eigenvalue weighted by atomic mass is 79.9. The molecule has 0 amide bonds. The zero-order chi connectivity index (χ0) is 18.8. The first-order valence-corrected chi connectivity index (χ1v) is 11.0. The van der Waals surface area contributed by atoms with Crippen molar-refractivity contribution in [1.29, 1.82) is 0 Å². The highest BCUT2D eigenvalue weighted by Gasteiger charge is 2.15. The molecule has 27 heavy (non-hydrogen) atoms. The number of hydrogen-bond acceptors (Lipinski definition) is 5. The Morgan fingerprint density at radius 2 is 1.81 bits per heavy atom. The Bertz CT molecular complexity index is 1110. The molecular weight excluding hydrogens is 464 g/mol. The highest BCUT2D eigenvalue weighted by Crippen LogP contribution is 2.38. The van der Waals surface area contributed by atoms with Crippen LogP contribution in [0.3, 0.4) is 0 Å². The Balaban J connectivity index is 1.64. The third-order valence-electron chi connectivity index (χ3n) is 4.00. The molecule has 4 aromatic rings. The van der Waals surface area contributed by atoms with Crippen molar-refractivity contribution in [2.75, 3.05) is 5.75 Å². The van der Waals surface area contributed by atoms with Crippen LogP contribution in [0.4, 0.5) is 0 Å². The minimum absolute atomic E-state index is 0.0718. The molecule has 4 rings (SSSR count). The summed E-state index contributed by atoms with van der Waals surface area (Å²) in [6.45, 7) is 0. The molecule has 0 aliphatic heterocycles. The number of thiophene rings is 1. The number of nitrogens with zero attached hydrogens (tertiary/aromatic N) is 2. The van der Waals surface area contributed by atoms with E-state index in [1.165, 1.54) is 11.8 Å². The number of benzene rings is 2. The van der Waals surface area contributed by atoms with E-state index in [4.69, 9.17) is 11.6 Å². The number of carbonyl (C=O) groups excluding carboxylic acids is 1. The smallest absolute Gasteiger partial charge is 0.173 e. The molecule has 2 aromatic heterocycles. The average Bonchev–Trinajstić information content (AvgIpc) is 3.12. The summed E-state index contributed by atoms with van der Waals surface area (Å²) in [7, 11) is 0. The Morgan fingerprint density at radius 3 is 2.56 bits per heavy atom. The van der Waals surface area contributed by atoms with Gasteiger partial charge in [-0.05, 0) is 29.8 Å². The lowest BCUT2D eigenvalue weighted by atomic mass is 10.1. The van der Waals surface area contributed by atoms with Crippen LogP contribution in [-0.4, -0.2) is 21.5 Å². The van der Waals surface area contributed by atoms with Crippen LogP contribution < -0.4 is 0 Å². The number of Topliss-reactive ketones (excluding diaryl/α,β-unsaturated/α-hetero) is 1. The Hall–Kier alpha value is -1.73. The van der Waals surface area contributed by atoms with E-state index in [1.54, 1.807) is 17.7 Å². The van der Waals surface area contributed by atoms with E-state index in [2.05, 4.69) is 31.3 Å². The molecule has 0 unspecified atom stereocenters. The number of aromatic nitrogens is 2. The molecule has 3 nitrogen and oxygen atoms in total. The third kappa shape index (κ3) is 4.09. The van der Waals surface area contributed by atoms with Gasteiger partial charge in [-0.1, -0.05) is 63.6 Å². The standard InChI is InChI=1S/C20H12BrClN2OS2/c21-14-5-1-13(2-6-14)17(25)10-27-20-18-16(9-26-19(18)23-11-24-20)12-3-7-15(22)8-4-12/h1-9,11H,10H2. The van der Waals surface area contributed by atoms with Gasteiger partial charge >= 0.3 is 0 Å². The molecule has 0 bridgehead atoms. The van der Waals surface area contributed by atoms with E-state index in [9.17, 15) is 4.79 Å². The topological polar surface area (TPSA) is 42.9 Å². The molecule has 0 atom stereocenters. The summed E-state index contributed by atoms with van der Waals surface area (Å²) in [6, 6.07) is 15.1. The fraction of sp³-hybridized carbons (Fsp3) is 0.0500. The van der Waals surface area contributed by atoms with Gasteiger partial charge < -0.3 is 0 Å². The number of carbonyl (C=O) groups is 1. The number of fused-ring (bicyclic) bond motifs is 1. The lowest BCUT2D eigenvalue weighted by Gasteiger charge is -2.06. The molecule has 0 fully saturated rings. The summed E-state index contributed by atoms with van der Waals surface area (Å²) >= 11 is 12.4. The SMILES string of the molecule is O=C(CSc1ncnc2scc(-c3ccc(Cl)cc3)c12)c1ccc(Br)cc1. The Morgan fingerprint density at radius 1 is 1.07 bits per heavy atom. The summed E-state index contributed by atoms with van der Waals surface area (Å²) in [5.41, 5.74) is 2.81. The van der Waals surface area contributed by atoms with Gasteiger partial charge in [0.05, 0.1) is 11.1 Å². The predicted octanol–water partition coefficient (Wildman–Crippen LogP) is 6.75. The second-order valence-electron chi connectivity index (χ2n) is 5.73. The van der Waals surface area contributed by atoms with Crippen molar-refractivity contribution in [2.24, 2.45) is 0 Å². The first-order chi connectivity index (χ1) is 13.1. The summed E-state index contributed by atoms with van der Waals surface area (Å²) in [4.78, 5) is 22.2. The Kier molecular flexibility index (Phi) is 5.59. The lowest BCUT2D eigenvalue weighted by molar-refractivity contribution is 0.102. The van der Waals surface area contributed by atoms with Crippen molar-refractivity contribution in [1.82, 2.24) is 9.97 Å². The van der Waals surface area contributed by atoms with E-state index in [-0.39, 0.29) is 5.78 Å². The van der Waals surface area contributed by atoms with Crippen LogP contribution in [0.25, 0.3) is 21.3 Å². The van der Waals surface area contributed by atoms with E-state index in [0.29, 0.717) is 16.3 Å². The number of hydrogen-bond donors (Lipinski definition) is 0. The fourth-order valence-electron chi connectivity index (χ4n) is 2.65. The maximum atomic E-state index is 12.5. The molecule has 0 aliphatic carbocycles. The number of rotatable bonds is 5. The fourth-order valence-corrected chi connectivity index (χ4v) is 4.93. The van der Waals surface area contributed by atoms with Crippen LogP contribution in [0, 0.1) is 0 Å². The minimum atomic E-state index is 0.0718. The molecule has 0 spiro atoms. The maximum absolute atomic E-state index is 12.5. The molecular formula is C20H12BrClN2OS2. The average molecular weight is 476 g/mol. The van der Waals surface area contributed by atoms with Crippen molar-refractivity contribution >= 4 is 66.6 Å². The van der Waals surface area contributed by atoms with Crippen LogP contribution in [-0.2, 0) is 0 Å². The van der Waals surface area contributed by atoms with Crippen LogP contribution >= 0.6 is 50.6 Å². The van der Waals surface area contributed by atoms with E-state index >= 15 is 0 Å². The molecule has 0 saturated heterocycles. The molecule has 0 saturated carbocycles. The molecule has 0 radical (unpaired) electrons. The zero-order valence-electron chi connectivity index (χ0n) is 13.9. The minimum Gasteiger partial charge on any atom is -0.293 e. The van der Waals surface area contributed by atoms with E-state index in [0.717, 1.165) is 30.8 Å². The zero-order valence-corrected chi connectivity index (χ0v) is 17.8. The van der Waals surface area contributed by atoms with Gasteiger partial charge in [-0.3, -0.25) is 4.79 Å². The third-order valence-corrected chi connectivity index (χ3v) is 6.65. The molecule has 2 heterocycles. The van der Waals surface area contributed by atoms with Crippen LogP contribution in [0.1, 0.15) is 10.4 Å². The van der Waals surface area contributed by atoms with Crippen LogP contribution in [0.5, 0.6) is 0 Å². The largest absolute Gasteiger partial charge is 0.293 e. The molecule has 7 heteroatoms. The van der Waals surface area contributed by atoms with Crippen LogP contribution in [0.2, 0.25) is 5.02 Å². The van der Waals surface area contributed by atoms with Gasteiger partial charge in [-0.25, -0.2) is 9.97 Å². The van der Waals surface area contributed by atoms with Gasteiger partial charge in [0, 0.05) is 26.0 Å². The van der Waals surface area contributed by atoms with Crippen molar-refractivity contribution in [3.63, 3.8) is 0 Å². The van der Waals surface area contributed by atoms with Gasteiger partial charge in [-0.15, -0.1) is 11.3 Å². The van der Waals surface area contributed by atoms with Crippen molar-refractivity contribution < 1.29 is 4.79 Å². The predicted molar refractivity (Wildman–Crippen MR) is 117 cm³/mol. The number of halogens is 2. The first-order valence-electron chi connectivity index (χ1n) is 8.01. The second kappa shape index (κ2) is 8.10. The lowest BCUT2D eigenvalue weighted by Crippen LogP contribution is -2.02. The summed E-state index contributed by atoms with van der Waals surface area (Å²) in [5, 5.41) is 4.57. The number of ketones is 1. The first kappa shape index (κ1) is 18.6. The van der Waals surface area contributed by atoms with Gasteiger partial charge in [0.15, 0.2) is 5.78 Å². The van der Waals surface area contributed by atoms with E-state index < -0.39 is 0 Å². The molecule has 0 N–H and O–H groups in total. The van der Waals surface area contributed by atoms with Crippen molar-refractivity contribution in [3.05, 3.63) is 75.3 Å². The Labute approximate surface area is 177 Å². The second-order valence-corrected chi connectivity index (χ2v) is 8.91. The van der Waals surface area contributed by atoms with Crippen LogP contribution in [0.15, 0.2) is 69.7 Å². The normalized spacial score (nSPS) is 11.0. The van der Waals surface area contributed by atoms with Gasteiger partial charge in [0.25, 0.3) is 0 Å². The quantitative estimate of drug-likeness (QED) is 0.182. The molecule has 0 aliphatic rings. The monoisotopic (exact) mass is 474 g/mol. The van der Waals surface area contributed by atoms with Crippen molar-refractivity contribution in [2.45, 2.75) is 5.03 Å². The van der Waals surface area contributed by atoms with E-state index in [1.807, 2.05) is 48.5 Å². The van der Waals surface area contributed by atoms with Gasteiger partial charge in [0.2, 0.25) is 0 Å². The molecule has 134 valence electrons. The van der Waals surface area contributed by atoms with Gasteiger partial charge in [-0.2, -0.15) is 0 Å². The summed E-state index contributed by atoms with van der Waals surface area (Å²) in [5.74, 6) is 0.395. The van der Waals surface area contributed by atoms with Crippen molar-refractivity contribution in [3.8, 4) is 11.1 Å². The highest BCUT2D eigenvalue weighted by molar-refractivity contribution is 9.10.